The third-order valence-corrected chi connectivity index (χ3v) is 3.24. The van der Waals surface area contributed by atoms with Crippen molar-refractivity contribution in [3.05, 3.63) is 35.6 Å². The number of nitrogens with two attached hydrogens (primary N) is 1. The second-order valence-corrected chi connectivity index (χ2v) is 4.66. The summed E-state index contributed by atoms with van der Waals surface area (Å²) in [5.74, 6) is -1.95. The first-order chi connectivity index (χ1) is 8.99. The van der Waals surface area contributed by atoms with Crippen molar-refractivity contribution >= 4 is 11.9 Å². The van der Waals surface area contributed by atoms with Crippen molar-refractivity contribution in [3.8, 4) is 0 Å². The van der Waals surface area contributed by atoms with Gasteiger partial charge in [-0.2, -0.15) is 0 Å². The zero-order chi connectivity index (χ0) is 14.0. The van der Waals surface area contributed by atoms with Gasteiger partial charge in [-0.3, -0.25) is 4.79 Å². The van der Waals surface area contributed by atoms with Crippen LogP contribution >= 0.6 is 0 Å². The number of carbonyl (C=O) groups excluding carboxylic acids is 1. The highest BCUT2D eigenvalue weighted by atomic mass is 19.1. The van der Waals surface area contributed by atoms with Crippen molar-refractivity contribution in [2.75, 3.05) is 6.54 Å². The molecule has 1 aromatic carbocycles. The van der Waals surface area contributed by atoms with Crippen LogP contribution in [0.15, 0.2) is 24.3 Å². The van der Waals surface area contributed by atoms with Crippen LogP contribution in [0.5, 0.6) is 0 Å². The molecule has 1 saturated heterocycles. The maximum atomic E-state index is 13.5. The van der Waals surface area contributed by atoms with Gasteiger partial charge >= 0.3 is 5.97 Å². The van der Waals surface area contributed by atoms with Crippen LogP contribution in [0.3, 0.4) is 0 Å². The largest absolute Gasteiger partial charge is 0.480 e. The highest BCUT2D eigenvalue weighted by Gasteiger charge is 2.38. The van der Waals surface area contributed by atoms with Gasteiger partial charge in [0.15, 0.2) is 0 Å². The first-order valence-corrected chi connectivity index (χ1v) is 6.00. The van der Waals surface area contributed by atoms with E-state index in [0.29, 0.717) is 0 Å². The Kier molecular flexibility index (Phi) is 3.80. The Morgan fingerprint density at radius 3 is 2.74 bits per heavy atom. The zero-order valence-corrected chi connectivity index (χ0v) is 10.3. The number of nitrogens with zero attached hydrogens (tertiary/aromatic N) is 1. The lowest BCUT2D eigenvalue weighted by atomic mass is 10.1. The molecule has 5 nitrogen and oxygen atoms in total. The maximum absolute atomic E-state index is 13.5. The lowest BCUT2D eigenvalue weighted by Gasteiger charge is -2.21. The van der Waals surface area contributed by atoms with Gasteiger partial charge in [0.05, 0.1) is 6.42 Å². The van der Waals surface area contributed by atoms with E-state index in [9.17, 15) is 14.0 Å². The van der Waals surface area contributed by atoms with Crippen LogP contribution in [-0.2, 0) is 16.0 Å². The SMILES string of the molecule is NC1CC(C(=O)O)N(C(=O)Cc2ccccc2F)C1. The van der Waals surface area contributed by atoms with Crippen LogP contribution in [0.1, 0.15) is 12.0 Å². The van der Waals surface area contributed by atoms with Gasteiger partial charge in [0.1, 0.15) is 11.9 Å². The van der Waals surface area contributed by atoms with Crippen molar-refractivity contribution in [2.45, 2.75) is 24.9 Å². The number of likely N-dealkylation sites (tertiary alicyclic amines) is 1. The van der Waals surface area contributed by atoms with Gasteiger partial charge in [0.2, 0.25) is 5.91 Å². The molecule has 6 heteroatoms. The molecule has 0 saturated carbocycles. The Bertz CT molecular complexity index is 506. The minimum absolute atomic E-state index is 0.150. The summed E-state index contributed by atoms with van der Waals surface area (Å²) in [6.45, 7) is 0.199. The van der Waals surface area contributed by atoms with Crippen LogP contribution in [0.25, 0.3) is 0 Å². The van der Waals surface area contributed by atoms with Crippen LogP contribution < -0.4 is 5.73 Å². The minimum Gasteiger partial charge on any atom is -0.480 e. The summed E-state index contributed by atoms with van der Waals surface area (Å²) >= 11 is 0. The fraction of sp³-hybridized carbons (Fsp3) is 0.385. The molecule has 0 radical (unpaired) electrons. The summed E-state index contributed by atoms with van der Waals surface area (Å²) in [4.78, 5) is 24.3. The highest BCUT2D eigenvalue weighted by molar-refractivity contribution is 5.85. The molecule has 1 aliphatic heterocycles. The second-order valence-electron chi connectivity index (χ2n) is 4.66. The normalized spacial score (nSPS) is 22.5. The number of hydrogen-bond acceptors (Lipinski definition) is 3. The summed E-state index contributed by atoms with van der Waals surface area (Å²) in [5, 5.41) is 9.05. The fourth-order valence-corrected chi connectivity index (χ4v) is 2.28. The molecule has 2 rings (SSSR count). The topological polar surface area (TPSA) is 83.6 Å². The Morgan fingerprint density at radius 2 is 2.11 bits per heavy atom. The number of carbonyl (C=O) groups is 2. The van der Waals surface area contributed by atoms with Gasteiger partial charge in [-0.15, -0.1) is 0 Å². The van der Waals surface area contributed by atoms with Gasteiger partial charge in [-0.25, -0.2) is 9.18 Å². The van der Waals surface area contributed by atoms with Gasteiger partial charge in [-0.05, 0) is 18.1 Å². The molecule has 102 valence electrons. The van der Waals surface area contributed by atoms with E-state index in [1.54, 1.807) is 6.07 Å². The number of aliphatic carboxylic acids is 1. The molecule has 0 aliphatic carbocycles. The number of amides is 1. The number of benzene rings is 1. The molecule has 1 aliphatic rings. The number of halogens is 1. The van der Waals surface area contributed by atoms with Gasteiger partial charge in [0, 0.05) is 12.6 Å². The lowest BCUT2D eigenvalue weighted by molar-refractivity contribution is -0.148. The Labute approximate surface area is 109 Å². The predicted octanol–water partition coefficient (Wildman–Crippen LogP) is 0.381. The summed E-state index contributed by atoms with van der Waals surface area (Å²) < 4.78 is 13.5. The quantitative estimate of drug-likeness (QED) is 0.828. The van der Waals surface area contributed by atoms with E-state index in [-0.39, 0.29) is 31.0 Å². The minimum atomic E-state index is -1.07. The lowest BCUT2D eigenvalue weighted by Crippen LogP contribution is -2.41. The van der Waals surface area contributed by atoms with E-state index in [1.807, 2.05) is 0 Å². The number of carboxylic acid groups (broad SMARTS) is 1. The zero-order valence-electron chi connectivity index (χ0n) is 10.3. The molecule has 0 bridgehead atoms. The van der Waals surface area contributed by atoms with E-state index in [2.05, 4.69) is 0 Å². The maximum Gasteiger partial charge on any atom is 0.326 e. The van der Waals surface area contributed by atoms with Crippen LogP contribution in [0.4, 0.5) is 4.39 Å². The molecule has 1 fully saturated rings. The Hall–Kier alpha value is -1.95. The van der Waals surface area contributed by atoms with Crippen LogP contribution in [0, 0.1) is 5.82 Å². The Balaban J connectivity index is 2.11. The van der Waals surface area contributed by atoms with E-state index in [4.69, 9.17) is 10.8 Å². The summed E-state index contributed by atoms with van der Waals surface area (Å²) in [6, 6.07) is 4.71. The van der Waals surface area contributed by atoms with Crippen LogP contribution in [-0.4, -0.2) is 40.5 Å². The average Bonchev–Trinajstić information content (AvgIpc) is 2.74. The molecule has 0 spiro atoms. The third kappa shape index (κ3) is 2.90. The molecular formula is C13H15FN2O3. The average molecular weight is 266 g/mol. The molecule has 1 aromatic rings. The highest BCUT2D eigenvalue weighted by Crippen LogP contribution is 2.19. The summed E-state index contributed by atoms with van der Waals surface area (Å²) in [5.41, 5.74) is 5.94. The van der Waals surface area contributed by atoms with E-state index >= 15 is 0 Å². The second kappa shape index (κ2) is 5.36. The van der Waals surface area contributed by atoms with Gasteiger partial charge in [-0.1, -0.05) is 18.2 Å². The Morgan fingerprint density at radius 1 is 1.42 bits per heavy atom. The first-order valence-electron chi connectivity index (χ1n) is 6.00. The predicted molar refractivity (Wildman–Crippen MR) is 65.8 cm³/mol. The fourth-order valence-electron chi connectivity index (χ4n) is 2.28. The van der Waals surface area contributed by atoms with Gasteiger partial charge < -0.3 is 15.7 Å². The van der Waals surface area contributed by atoms with Gasteiger partial charge in [0.25, 0.3) is 0 Å². The number of rotatable bonds is 3. The third-order valence-electron chi connectivity index (χ3n) is 3.24. The van der Waals surface area contributed by atoms with E-state index < -0.39 is 23.7 Å². The summed E-state index contributed by atoms with van der Waals surface area (Å²) in [7, 11) is 0. The van der Waals surface area contributed by atoms with Crippen molar-refractivity contribution < 1.29 is 19.1 Å². The molecule has 2 unspecified atom stereocenters. The molecular weight excluding hydrogens is 251 g/mol. The molecule has 3 N–H and O–H groups in total. The van der Waals surface area contributed by atoms with E-state index in [1.165, 1.54) is 23.1 Å². The standard InChI is InChI=1S/C13H15FN2O3/c14-10-4-2-1-3-8(10)5-12(17)16-7-9(15)6-11(16)13(18)19/h1-4,9,11H,5-7,15H2,(H,18,19). The molecule has 1 heterocycles. The molecule has 1 amide bonds. The van der Waals surface area contributed by atoms with Crippen molar-refractivity contribution in [2.24, 2.45) is 5.73 Å². The smallest absolute Gasteiger partial charge is 0.326 e. The number of hydrogen-bond donors (Lipinski definition) is 2. The summed E-state index contributed by atoms with van der Waals surface area (Å²) in [6.07, 6.45) is 0.0848. The van der Waals surface area contributed by atoms with Crippen molar-refractivity contribution in [1.29, 1.82) is 0 Å². The first kappa shape index (κ1) is 13.5. The van der Waals surface area contributed by atoms with Crippen molar-refractivity contribution in [3.63, 3.8) is 0 Å². The molecule has 19 heavy (non-hydrogen) atoms. The van der Waals surface area contributed by atoms with Crippen molar-refractivity contribution in [1.82, 2.24) is 4.90 Å². The van der Waals surface area contributed by atoms with Crippen LogP contribution in [0.2, 0.25) is 0 Å². The monoisotopic (exact) mass is 266 g/mol. The van der Waals surface area contributed by atoms with E-state index in [0.717, 1.165) is 0 Å². The number of carboxylic acids is 1. The molecule has 0 aromatic heterocycles. The molecule has 2 atom stereocenters.